The van der Waals surface area contributed by atoms with E-state index in [0.29, 0.717) is 11.8 Å². The third-order valence-corrected chi connectivity index (χ3v) is 6.47. The molecule has 1 unspecified atom stereocenters. The Morgan fingerprint density at radius 1 is 1.18 bits per heavy atom. The van der Waals surface area contributed by atoms with Crippen LogP contribution >= 0.6 is 0 Å². The first-order valence-corrected chi connectivity index (χ1v) is 10.4. The number of rotatable bonds is 6. The van der Waals surface area contributed by atoms with Gasteiger partial charge in [-0.2, -0.15) is 0 Å². The molecule has 4 rings (SSSR count). The van der Waals surface area contributed by atoms with Crippen molar-refractivity contribution >= 4 is 5.91 Å². The SMILES string of the molecule is CCC(CC)C(=O)N1CC2(CN(Cc3ccccc3)CC2c2nnc(C)o2)C1. The first-order valence-electron chi connectivity index (χ1n) is 10.4. The lowest BCUT2D eigenvalue weighted by atomic mass is 9.71. The predicted molar refractivity (Wildman–Crippen MR) is 107 cm³/mol. The average molecular weight is 383 g/mol. The topological polar surface area (TPSA) is 62.5 Å². The van der Waals surface area contributed by atoms with Gasteiger partial charge in [-0.25, -0.2) is 0 Å². The third-order valence-electron chi connectivity index (χ3n) is 6.47. The van der Waals surface area contributed by atoms with E-state index < -0.39 is 0 Å². The lowest BCUT2D eigenvalue weighted by Crippen LogP contribution is -2.62. The Morgan fingerprint density at radius 3 is 2.50 bits per heavy atom. The summed E-state index contributed by atoms with van der Waals surface area (Å²) in [5.74, 6) is 1.96. The summed E-state index contributed by atoms with van der Waals surface area (Å²) < 4.78 is 5.83. The highest BCUT2D eigenvalue weighted by Crippen LogP contribution is 2.49. The number of amides is 1. The summed E-state index contributed by atoms with van der Waals surface area (Å²) in [6.07, 6.45) is 1.82. The molecule has 1 aromatic heterocycles. The molecule has 6 heteroatoms. The zero-order chi connectivity index (χ0) is 19.7. The van der Waals surface area contributed by atoms with Crippen LogP contribution < -0.4 is 0 Å². The molecule has 1 amide bonds. The van der Waals surface area contributed by atoms with Gasteiger partial charge in [0, 0.05) is 51.0 Å². The highest BCUT2D eigenvalue weighted by atomic mass is 16.4. The largest absolute Gasteiger partial charge is 0.425 e. The van der Waals surface area contributed by atoms with E-state index in [1.807, 2.05) is 17.9 Å². The molecule has 0 radical (unpaired) electrons. The van der Waals surface area contributed by atoms with Crippen LogP contribution in [0.5, 0.6) is 0 Å². The van der Waals surface area contributed by atoms with Gasteiger partial charge in [-0.3, -0.25) is 9.69 Å². The van der Waals surface area contributed by atoms with Crippen molar-refractivity contribution in [2.75, 3.05) is 26.2 Å². The van der Waals surface area contributed by atoms with E-state index in [1.54, 1.807) is 0 Å². The maximum atomic E-state index is 12.8. The predicted octanol–water partition coefficient (Wildman–Crippen LogP) is 3.24. The minimum absolute atomic E-state index is 0.0233. The van der Waals surface area contributed by atoms with Crippen LogP contribution in [0.2, 0.25) is 0 Å². The molecule has 2 aliphatic rings. The summed E-state index contributed by atoms with van der Waals surface area (Å²) in [5.41, 5.74) is 1.33. The first kappa shape index (κ1) is 19.1. The van der Waals surface area contributed by atoms with Crippen LogP contribution in [0, 0.1) is 18.3 Å². The molecule has 1 aromatic carbocycles. The van der Waals surface area contributed by atoms with Gasteiger partial charge in [0.25, 0.3) is 0 Å². The van der Waals surface area contributed by atoms with Crippen molar-refractivity contribution < 1.29 is 9.21 Å². The Balaban J connectivity index is 1.51. The van der Waals surface area contributed by atoms with Gasteiger partial charge in [0.1, 0.15) is 0 Å². The molecule has 150 valence electrons. The van der Waals surface area contributed by atoms with E-state index in [1.165, 1.54) is 5.56 Å². The molecule has 6 nitrogen and oxygen atoms in total. The van der Waals surface area contributed by atoms with Crippen LogP contribution in [0.25, 0.3) is 0 Å². The van der Waals surface area contributed by atoms with Gasteiger partial charge in [0.05, 0.1) is 5.92 Å². The Bertz CT molecular complexity index is 809. The lowest BCUT2D eigenvalue weighted by molar-refractivity contribution is -0.148. The number of hydrogen-bond acceptors (Lipinski definition) is 5. The Hall–Kier alpha value is -2.21. The summed E-state index contributed by atoms with van der Waals surface area (Å²) >= 11 is 0. The monoisotopic (exact) mass is 382 g/mol. The van der Waals surface area contributed by atoms with E-state index in [4.69, 9.17) is 4.42 Å². The standard InChI is InChI=1S/C22H30N4O2/c1-4-18(5-2)21(27)26-14-22(15-26)13-25(11-17-9-7-6-8-10-17)12-19(22)20-24-23-16(3)28-20/h6-10,18-19H,4-5,11-15H2,1-3H3. The molecule has 0 N–H and O–H groups in total. The zero-order valence-corrected chi connectivity index (χ0v) is 17.1. The van der Waals surface area contributed by atoms with Crippen LogP contribution in [-0.2, 0) is 11.3 Å². The summed E-state index contributed by atoms with van der Waals surface area (Å²) in [6.45, 7) is 10.4. The molecule has 2 fully saturated rings. The number of hydrogen-bond donors (Lipinski definition) is 0. The number of carbonyl (C=O) groups is 1. The number of nitrogens with zero attached hydrogens (tertiary/aromatic N) is 4. The first-order chi connectivity index (χ1) is 13.5. The number of likely N-dealkylation sites (tertiary alicyclic amines) is 2. The van der Waals surface area contributed by atoms with Crippen molar-refractivity contribution in [3.8, 4) is 0 Å². The van der Waals surface area contributed by atoms with Crippen molar-refractivity contribution in [3.63, 3.8) is 0 Å². The molecule has 0 bridgehead atoms. The van der Waals surface area contributed by atoms with E-state index in [9.17, 15) is 4.79 Å². The van der Waals surface area contributed by atoms with Crippen LogP contribution in [-0.4, -0.2) is 52.1 Å². The maximum absolute atomic E-state index is 12.8. The highest BCUT2D eigenvalue weighted by molar-refractivity contribution is 5.79. The van der Waals surface area contributed by atoms with Crippen molar-refractivity contribution in [2.24, 2.45) is 11.3 Å². The van der Waals surface area contributed by atoms with Crippen LogP contribution in [0.4, 0.5) is 0 Å². The molecular formula is C22H30N4O2. The number of aryl methyl sites for hydroxylation is 1. The molecule has 1 atom stereocenters. The molecule has 2 saturated heterocycles. The van der Waals surface area contributed by atoms with Gasteiger partial charge < -0.3 is 9.32 Å². The number of benzene rings is 1. The molecule has 0 saturated carbocycles. The molecule has 3 heterocycles. The molecule has 2 aromatic rings. The van der Waals surface area contributed by atoms with E-state index >= 15 is 0 Å². The summed E-state index contributed by atoms with van der Waals surface area (Å²) in [5, 5.41) is 8.39. The van der Waals surface area contributed by atoms with Gasteiger partial charge >= 0.3 is 0 Å². The fourth-order valence-corrected chi connectivity index (χ4v) is 4.91. The van der Waals surface area contributed by atoms with Gasteiger partial charge in [0.15, 0.2) is 0 Å². The fraction of sp³-hybridized carbons (Fsp3) is 0.591. The molecule has 0 aliphatic carbocycles. The second-order valence-corrected chi connectivity index (χ2v) is 8.44. The second kappa shape index (κ2) is 7.66. The van der Waals surface area contributed by atoms with Gasteiger partial charge in [0.2, 0.25) is 17.7 Å². The normalized spacial score (nSPS) is 21.4. The second-order valence-electron chi connectivity index (χ2n) is 8.44. The minimum Gasteiger partial charge on any atom is -0.425 e. The Morgan fingerprint density at radius 2 is 1.89 bits per heavy atom. The summed E-state index contributed by atoms with van der Waals surface area (Å²) in [4.78, 5) is 17.3. The Labute approximate surface area is 166 Å². The fourth-order valence-electron chi connectivity index (χ4n) is 4.91. The van der Waals surface area contributed by atoms with Crippen molar-refractivity contribution in [3.05, 3.63) is 47.7 Å². The van der Waals surface area contributed by atoms with Crippen LogP contribution in [0.1, 0.15) is 50.0 Å². The molecule has 28 heavy (non-hydrogen) atoms. The van der Waals surface area contributed by atoms with E-state index in [0.717, 1.165) is 51.5 Å². The number of aromatic nitrogens is 2. The molecular weight excluding hydrogens is 352 g/mol. The minimum atomic E-state index is 0.0233. The molecule has 2 aliphatic heterocycles. The zero-order valence-electron chi connectivity index (χ0n) is 17.1. The Kier molecular flexibility index (Phi) is 5.23. The van der Waals surface area contributed by atoms with Crippen molar-refractivity contribution in [2.45, 2.75) is 46.1 Å². The summed E-state index contributed by atoms with van der Waals surface area (Å²) in [6, 6.07) is 10.5. The average Bonchev–Trinajstić information content (AvgIpc) is 3.26. The van der Waals surface area contributed by atoms with Crippen molar-refractivity contribution in [1.82, 2.24) is 20.0 Å². The molecule has 1 spiro atoms. The van der Waals surface area contributed by atoms with Crippen LogP contribution in [0.15, 0.2) is 34.7 Å². The smallest absolute Gasteiger partial charge is 0.225 e. The third kappa shape index (κ3) is 3.46. The van der Waals surface area contributed by atoms with Gasteiger partial charge in [-0.1, -0.05) is 44.2 Å². The maximum Gasteiger partial charge on any atom is 0.225 e. The van der Waals surface area contributed by atoms with Gasteiger partial charge in [-0.15, -0.1) is 10.2 Å². The van der Waals surface area contributed by atoms with Gasteiger partial charge in [-0.05, 0) is 18.4 Å². The number of carbonyl (C=O) groups excluding carboxylic acids is 1. The summed E-state index contributed by atoms with van der Waals surface area (Å²) in [7, 11) is 0. The highest BCUT2D eigenvalue weighted by Gasteiger charge is 2.57. The van der Waals surface area contributed by atoms with Crippen LogP contribution in [0.3, 0.4) is 0 Å². The lowest BCUT2D eigenvalue weighted by Gasteiger charge is -2.51. The quantitative estimate of drug-likeness (QED) is 0.767. The van der Waals surface area contributed by atoms with Crippen molar-refractivity contribution in [1.29, 1.82) is 0 Å². The van der Waals surface area contributed by atoms with E-state index in [2.05, 4.69) is 53.2 Å². The van der Waals surface area contributed by atoms with E-state index in [-0.39, 0.29) is 17.3 Å².